The first-order valence-electron chi connectivity index (χ1n) is 5.98. The zero-order valence-corrected chi connectivity index (χ0v) is 10.9. The van der Waals surface area contributed by atoms with Gasteiger partial charge in [0.1, 0.15) is 0 Å². The van der Waals surface area contributed by atoms with Crippen LogP contribution in [0.2, 0.25) is 0 Å². The molecule has 0 aliphatic carbocycles. The zero-order valence-electron chi connectivity index (χ0n) is 10.9. The second-order valence-corrected chi connectivity index (χ2v) is 3.91. The minimum Gasteiger partial charge on any atom is -0.320 e. The van der Waals surface area contributed by atoms with Crippen molar-refractivity contribution in [3.63, 3.8) is 0 Å². The van der Waals surface area contributed by atoms with E-state index < -0.39 is 0 Å². The van der Waals surface area contributed by atoms with Gasteiger partial charge in [-0.15, -0.1) is 0 Å². The molecule has 0 atom stereocenters. The van der Waals surface area contributed by atoms with Crippen LogP contribution in [0.25, 0.3) is 0 Å². The van der Waals surface area contributed by atoms with Crippen LogP contribution in [0.5, 0.6) is 0 Å². The highest BCUT2D eigenvalue weighted by Crippen LogP contribution is 2.00. The van der Waals surface area contributed by atoms with E-state index in [1.54, 1.807) is 0 Å². The van der Waals surface area contributed by atoms with Crippen molar-refractivity contribution in [2.75, 3.05) is 34.2 Å². The van der Waals surface area contributed by atoms with E-state index in [-0.39, 0.29) is 0 Å². The fraction of sp³-hybridized carbons (Fsp3) is 1.00. The Labute approximate surface area is 91.1 Å². The third-order valence-electron chi connectivity index (χ3n) is 2.16. The van der Waals surface area contributed by atoms with Crippen molar-refractivity contribution < 1.29 is 0 Å². The Hall–Kier alpha value is -0.0800. The Morgan fingerprint density at radius 1 is 0.929 bits per heavy atom. The normalized spacial score (nSPS) is 9.86. The van der Waals surface area contributed by atoms with E-state index in [9.17, 15) is 0 Å². The lowest BCUT2D eigenvalue weighted by Crippen LogP contribution is -2.08. The van der Waals surface area contributed by atoms with Crippen molar-refractivity contribution in [2.24, 2.45) is 0 Å². The van der Waals surface area contributed by atoms with Gasteiger partial charge in [0, 0.05) is 0 Å². The van der Waals surface area contributed by atoms with E-state index in [1.165, 1.54) is 38.6 Å². The van der Waals surface area contributed by atoms with Crippen LogP contribution in [-0.4, -0.2) is 39.1 Å². The van der Waals surface area contributed by atoms with Crippen LogP contribution in [0.15, 0.2) is 0 Å². The highest BCUT2D eigenvalue weighted by atomic mass is 15.0. The van der Waals surface area contributed by atoms with Gasteiger partial charge in [0.2, 0.25) is 0 Å². The first-order chi connectivity index (χ1) is 6.68. The van der Waals surface area contributed by atoms with Gasteiger partial charge < -0.3 is 10.2 Å². The molecule has 0 saturated heterocycles. The minimum absolute atomic E-state index is 1.14. The summed E-state index contributed by atoms with van der Waals surface area (Å²) in [6.45, 7) is 6.70. The lowest BCUT2D eigenvalue weighted by Gasteiger charge is -2.00. The molecule has 0 saturated carbocycles. The second-order valence-electron chi connectivity index (χ2n) is 3.91. The number of nitrogens with one attached hydrogen (secondary N) is 1. The van der Waals surface area contributed by atoms with Crippen LogP contribution in [0.1, 0.15) is 46.0 Å². The highest BCUT2D eigenvalue weighted by molar-refractivity contribution is 4.43. The van der Waals surface area contributed by atoms with Crippen molar-refractivity contribution in [1.82, 2.24) is 10.2 Å². The first kappa shape index (κ1) is 16.4. The molecule has 2 nitrogen and oxygen atoms in total. The predicted octanol–water partition coefficient (Wildman–Crippen LogP) is 2.74. The number of hydrogen-bond donors (Lipinski definition) is 1. The topological polar surface area (TPSA) is 15.3 Å². The average Bonchev–Trinajstić information content (AvgIpc) is 2.19. The molecular weight excluding hydrogens is 172 g/mol. The molecule has 0 aliphatic heterocycles. The highest BCUT2D eigenvalue weighted by Gasteiger charge is 1.85. The van der Waals surface area contributed by atoms with E-state index in [2.05, 4.69) is 38.2 Å². The van der Waals surface area contributed by atoms with Gasteiger partial charge in [0.25, 0.3) is 0 Å². The SMILES string of the molecule is CCCCCCCNC.CCN(C)C. The predicted molar refractivity (Wildman–Crippen MR) is 66.9 cm³/mol. The molecule has 0 heterocycles. The molecule has 88 valence electrons. The van der Waals surface area contributed by atoms with Crippen LogP contribution in [0, 0.1) is 0 Å². The van der Waals surface area contributed by atoms with Crippen molar-refractivity contribution in [3.05, 3.63) is 0 Å². The molecule has 0 aromatic rings. The van der Waals surface area contributed by atoms with Crippen molar-refractivity contribution in [1.29, 1.82) is 0 Å². The minimum atomic E-state index is 1.14. The Balaban J connectivity index is 0. The third kappa shape index (κ3) is 22.7. The smallest absolute Gasteiger partial charge is 0.00519 e. The van der Waals surface area contributed by atoms with Gasteiger partial charge >= 0.3 is 0 Å². The molecule has 0 radical (unpaired) electrons. The van der Waals surface area contributed by atoms with Gasteiger partial charge in [-0.1, -0.05) is 39.5 Å². The second kappa shape index (κ2) is 15.4. The van der Waals surface area contributed by atoms with Crippen molar-refractivity contribution in [3.8, 4) is 0 Å². The van der Waals surface area contributed by atoms with Crippen LogP contribution in [0.3, 0.4) is 0 Å². The summed E-state index contributed by atoms with van der Waals surface area (Å²) in [6.07, 6.45) is 6.91. The Bertz CT molecular complexity index is 76.4. The molecule has 1 N–H and O–H groups in total. The van der Waals surface area contributed by atoms with Gasteiger partial charge in [-0.05, 0) is 40.7 Å². The number of nitrogens with zero attached hydrogens (tertiary/aromatic N) is 1. The standard InChI is InChI=1S/C8H19N.C4H11N/c1-3-4-5-6-7-8-9-2;1-4-5(2)3/h9H,3-8H2,1-2H3;4H2,1-3H3. The van der Waals surface area contributed by atoms with Crippen LogP contribution < -0.4 is 5.32 Å². The maximum absolute atomic E-state index is 3.14. The summed E-state index contributed by atoms with van der Waals surface area (Å²) in [5, 5.41) is 3.14. The molecule has 0 aromatic carbocycles. The Kier molecular flexibility index (Phi) is 18.0. The largest absolute Gasteiger partial charge is 0.320 e. The van der Waals surface area contributed by atoms with Crippen LogP contribution in [0.4, 0.5) is 0 Å². The van der Waals surface area contributed by atoms with Gasteiger partial charge in [-0.25, -0.2) is 0 Å². The Morgan fingerprint density at radius 3 is 1.79 bits per heavy atom. The summed E-state index contributed by atoms with van der Waals surface area (Å²) in [6, 6.07) is 0. The molecule has 0 amide bonds. The van der Waals surface area contributed by atoms with Crippen molar-refractivity contribution in [2.45, 2.75) is 46.0 Å². The van der Waals surface area contributed by atoms with Crippen LogP contribution >= 0.6 is 0 Å². The molecule has 0 aromatic heterocycles. The van der Waals surface area contributed by atoms with Gasteiger partial charge in [-0.2, -0.15) is 0 Å². The summed E-state index contributed by atoms with van der Waals surface area (Å²) in [5.74, 6) is 0. The van der Waals surface area contributed by atoms with Gasteiger partial charge in [0.05, 0.1) is 0 Å². The molecule has 0 fully saturated rings. The molecular formula is C12H30N2. The number of hydrogen-bond acceptors (Lipinski definition) is 2. The molecule has 0 spiro atoms. The molecule has 0 aliphatic rings. The number of rotatable bonds is 7. The lowest BCUT2D eigenvalue weighted by atomic mass is 10.1. The molecule has 0 unspecified atom stereocenters. The van der Waals surface area contributed by atoms with E-state index in [0.29, 0.717) is 0 Å². The fourth-order valence-corrected chi connectivity index (χ4v) is 0.905. The van der Waals surface area contributed by atoms with Crippen molar-refractivity contribution >= 4 is 0 Å². The fourth-order valence-electron chi connectivity index (χ4n) is 0.905. The summed E-state index contributed by atoms with van der Waals surface area (Å²) >= 11 is 0. The average molecular weight is 202 g/mol. The van der Waals surface area contributed by atoms with E-state index in [4.69, 9.17) is 0 Å². The quantitative estimate of drug-likeness (QED) is 0.639. The Morgan fingerprint density at radius 2 is 1.43 bits per heavy atom. The zero-order chi connectivity index (χ0) is 11.2. The summed E-state index contributed by atoms with van der Waals surface area (Å²) in [5.41, 5.74) is 0. The van der Waals surface area contributed by atoms with Gasteiger partial charge in [0.15, 0.2) is 0 Å². The van der Waals surface area contributed by atoms with E-state index in [1.807, 2.05) is 7.05 Å². The lowest BCUT2D eigenvalue weighted by molar-refractivity contribution is 0.434. The molecule has 0 bridgehead atoms. The molecule has 2 heteroatoms. The maximum atomic E-state index is 3.14. The summed E-state index contributed by atoms with van der Waals surface area (Å²) in [4.78, 5) is 2.12. The summed E-state index contributed by atoms with van der Waals surface area (Å²) in [7, 11) is 6.12. The number of unbranched alkanes of at least 4 members (excludes halogenated alkanes) is 4. The molecule has 0 rings (SSSR count). The van der Waals surface area contributed by atoms with E-state index in [0.717, 1.165) is 6.54 Å². The van der Waals surface area contributed by atoms with Crippen LogP contribution in [-0.2, 0) is 0 Å². The maximum Gasteiger partial charge on any atom is -0.00519 e. The summed E-state index contributed by atoms with van der Waals surface area (Å²) < 4.78 is 0. The molecule has 14 heavy (non-hydrogen) atoms. The monoisotopic (exact) mass is 202 g/mol. The first-order valence-corrected chi connectivity index (χ1v) is 5.98. The van der Waals surface area contributed by atoms with Gasteiger partial charge in [-0.3, -0.25) is 0 Å². The van der Waals surface area contributed by atoms with E-state index >= 15 is 0 Å². The third-order valence-corrected chi connectivity index (χ3v) is 2.16.